The van der Waals surface area contributed by atoms with Crippen LogP contribution in [0.3, 0.4) is 0 Å². The van der Waals surface area contributed by atoms with E-state index >= 15 is 0 Å². The number of aliphatic hydroxyl groups is 1. The summed E-state index contributed by atoms with van der Waals surface area (Å²) in [7, 11) is 0. The second-order valence-corrected chi connectivity index (χ2v) is 2.96. The Morgan fingerprint density at radius 3 is 2.77 bits per heavy atom. The summed E-state index contributed by atoms with van der Waals surface area (Å²) in [5.41, 5.74) is 0.517. The van der Waals surface area contributed by atoms with E-state index in [0.29, 0.717) is 5.56 Å². The fraction of sp³-hybridized carbons (Fsp3) is 0.400. The van der Waals surface area contributed by atoms with Gasteiger partial charge in [0.25, 0.3) is 0 Å². The molecule has 0 bridgehead atoms. The zero-order valence-electron chi connectivity index (χ0n) is 7.53. The molecule has 72 valence electrons. The molecule has 0 heterocycles. The number of hydrogen-bond acceptors (Lipinski definition) is 2. The van der Waals surface area contributed by atoms with Crippen molar-refractivity contribution in [2.75, 3.05) is 6.61 Å². The van der Waals surface area contributed by atoms with Gasteiger partial charge in [0.2, 0.25) is 0 Å². The SMILES string of the molecule is CC(O)COCc1ccccc1F. The number of halogens is 1. The number of benzene rings is 1. The zero-order valence-corrected chi connectivity index (χ0v) is 7.53. The third-order valence-corrected chi connectivity index (χ3v) is 1.57. The largest absolute Gasteiger partial charge is 0.391 e. The molecule has 0 spiro atoms. The molecule has 1 aromatic carbocycles. The number of ether oxygens (including phenoxy) is 1. The average molecular weight is 184 g/mol. The van der Waals surface area contributed by atoms with Gasteiger partial charge in [0, 0.05) is 5.56 Å². The van der Waals surface area contributed by atoms with Gasteiger partial charge in [-0.15, -0.1) is 0 Å². The molecule has 1 atom stereocenters. The molecule has 0 aliphatic carbocycles. The highest BCUT2D eigenvalue weighted by Crippen LogP contribution is 2.07. The summed E-state index contributed by atoms with van der Waals surface area (Å²) in [6, 6.07) is 6.44. The number of hydrogen-bond donors (Lipinski definition) is 1. The van der Waals surface area contributed by atoms with Gasteiger partial charge < -0.3 is 9.84 Å². The van der Waals surface area contributed by atoms with Gasteiger partial charge in [-0.25, -0.2) is 4.39 Å². The van der Waals surface area contributed by atoms with E-state index in [2.05, 4.69) is 0 Å². The molecule has 0 aliphatic heterocycles. The molecule has 0 saturated carbocycles. The normalized spacial score (nSPS) is 12.8. The van der Waals surface area contributed by atoms with Gasteiger partial charge in [-0.1, -0.05) is 18.2 Å². The van der Waals surface area contributed by atoms with E-state index in [1.165, 1.54) is 6.07 Å². The average Bonchev–Trinajstić information content (AvgIpc) is 2.08. The van der Waals surface area contributed by atoms with Crippen LogP contribution in [0.4, 0.5) is 4.39 Å². The minimum atomic E-state index is -0.508. The third-order valence-electron chi connectivity index (χ3n) is 1.57. The summed E-state index contributed by atoms with van der Waals surface area (Å²) in [6.45, 7) is 2.06. The molecule has 0 radical (unpaired) electrons. The highest BCUT2D eigenvalue weighted by molar-refractivity contribution is 5.16. The quantitative estimate of drug-likeness (QED) is 0.772. The first-order chi connectivity index (χ1) is 6.20. The molecular formula is C10H13FO2. The van der Waals surface area contributed by atoms with E-state index in [1.54, 1.807) is 25.1 Å². The molecule has 1 unspecified atom stereocenters. The highest BCUT2D eigenvalue weighted by atomic mass is 19.1. The Hall–Kier alpha value is -0.930. The second kappa shape index (κ2) is 4.94. The van der Waals surface area contributed by atoms with E-state index < -0.39 is 6.10 Å². The first-order valence-electron chi connectivity index (χ1n) is 4.19. The van der Waals surface area contributed by atoms with Crippen molar-refractivity contribution in [2.24, 2.45) is 0 Å². The summed E-state index contributed by atoms with van der Waals surface area (Å²) in [5, 5.41) is 8.88. The fourth-order valence-corrected chi connectivity index (χ4v) is 0.955. The highest BCUT2D eigenvalue weighted by Gasteiger charge is 2.01. The second-order valence-electron chi connectivity index (χ2n) is 2.96. The van der Waals surface area contributed by atoms with Crippen molar-refractivity contribution in [1.82, 2.24) is 0 Å². The van der Waals surface area contributed by atoms with E-state index in [9.17, 15) is 4.39 Å². The van der Waals surface area contributed by atoms with E-state index in [4.69, 9.17) is 9.84 Å². The van der Waals surface area contributed by atoms with Crippen molar-refractivity contribution in [1.29, 1.82) is 0 Å². The Morgan fingerprint density at radius 2 is 2.15 bits per heavy atom. The summed E-state index contributed by atoms with van der Waals surface area (Å²) >= 11 is 0. The molecular weight excluding hydrogens is 171 g/mol. The first kappa shape index (κ1) is 10.2. The number of rotatable bonds is 4. The molecule has 0 saturated heterocycles. The van der Waals surface area contributed by atoms with Crippen molar-refractivity contribution in [3.05, 3.63) is 35.6 Å². The molecule has 0 amide bonds. The molecule has 2 nitrogen and oxygen atoms in total. The summed E-state index contributed by atoms with van der Waals surface area (Å²) in [5.74, 6) is -0.270. The Bertz CT molecular complexity index is 261. The molecule has 1 aromatic rings. The van der Waals surface area contributed by atoms with Gasteiger partial charge in [0.15, 0.2) is 0 Å². The van der Waals surface area contributed by atoms with Gasteiger partial charge in [-0.3, -0.25) is 0 Å². The predicted molar refractivity (Wildman–Crippen MR) is 47.7 cm³/mol. The van der Waals surface area contributed by atoms with Gasteiger partial charge in [0.1, 0.15) is 5.82 Å². The van der Waals surface area contributed by atoms with Crippen molar-refractivity contribution in [3.63, 3.8) is 0 Å². The molecule has 13 heavy (non-hydrogen) atoms. The van der Waals surface area contributed by atoms with Crippen LogP contribution in [0, 0.1) is 5.82 Å². The standard InChI is InChI=1S/C10H13FO2/c1-8(12)6-13-7-9-4-2-3-5-10(9)11/h2-5,8,12H,6-7H2,1H3. The topological polar surface area (TPSA) is 29.5 Å². The Balaban J connectivity index is 2.41. The summed E-state index contributed by atoms with van der Waals surface area (Å²) in [6.07, 6.45) is -0.508. The van der Waals surface area contributed by atoms with Crippen LogP contribution in [0.1, 0.15) is 12.5 Å². The van der Waals surface area contributed by atoms with Crippen molar-refractivity contribution < 1.29 is 14.2 Å². The molecule has 0 fully saturated rings. The van der Waals surface area contributed by atoms with Crippen LogP contribution in [-0.2, 0) is 11.3 Å². The van der Waals surface area contributed by atoms with Crippen LogP contribution in [0.25, 0.3) is 0 Å². The van der Waals surface area contributed by atoms with Gasteiger partial charge in [0.05, 0.1) is 19.3 Å². The third kappa shape index (κ3) is 3.53. The van der Waals surface area contributed by atoms with Crippen LogP contribution >= 0.6 is 0 Å². The van der Waals surface area contributed by atoms with Gasteiger partial charge >= 0.3 is 0 Å². The number of aliphatic hydroxyl groups excluding tert-OH is 1. The van der Waals surface area contributed by atoms with Crippen LogP contribution in [-0.4, -0.2) is 17.8 Å². The minimum Gasteiger partial charge on any atom is -0.391 e. The molecule has 0 aromatic heterocycles. The zero-order chi connectivity index (χ0) is 9.68. The lowest BCUT2D eigenvalue weighted by atomic mass is 10.2. The Labute approximate surface area is 77.0 Å². The first-order valence-corrected chi connectivity index (χ1v) is 4.19. The monoisotopic (exact) mass is 184 g/mol. The smallest absolute Gasteiger partial charge is 0.128 e. The van der Waals surface area contributed by atoms with Gasteiger partial charge in [-0.05, 0) is 13.0 Å². The van der Waals surface area contributed by atoms with Crippen LogP contribution in [0.5, 0.6) is 0 Å². The van der Waals surface area contributed by atoms with Crippen LogP contribution < -0.4 is 0 Å². The van der Waals surface area contributed by atoms with Crippen molar-refractivity contribution >= 4 is 0 Å². The molecule has 1 rings (SSSR count). The minimum absolute atomic E-state index is 0.206. The lowest BCUT2D eigenvalue weighted by Crippen LogP contribution is -2.10. The van der Waals surface area contributed by atoms with Crippen LogP contribution in [0.15, 0.2) is 24.3 Å². The maximum absolute atomic E-state index is 13.0. The van der Waals surface area contributed by atoms with E-state index in [-0.39, 0.29) is 19.0 Å². The van der Waals surface area contributed by atoms with E-state index in [0.717, 1.165) is 0 Å². The van der Waals surface area contributed by atoms with Crippen LogP contribution in [0.2, 0.25) is 0 Å². The van der Waals surface area contributed by atoms with Crippen molar-refractivity contribution in [2.45, 2.75) is 19.6 Å². The Morgan fingerprint density at radius 1 is 1.46 bits per heavy atom. The Kier molecular flexibility index (Phi) is 3.86. The summed E-state index contributed by atoms with van der Waals surface area (Å²) < 4.78 is 18.0. The molecule has 1 N–H and O–H groups in total. The fourth-order valence-electron chi connectivity index (χ4n) is 0.955. The lowest BCUT2D eigenvalue weighted by Gasteiger charge is -2.06. The van der Waals surface area contributed by atoms with Gasteiger partial charge in [-0.2, -0.15) is 0 Å². The molecule has 3 heteroatoms. The lowest BCUT2D eigenvalue weighted by molar-refractivity contribution is 0.0365. The maximum Gasteiger partial charge on any atom is 0.128 e. The van der Waals surface area contributed by atoms with E-state index in [1.807, 2.05) is 0 Å². The summed E-state index contributed by atoms with van der Waals surface area (Å²) in [4.78, 5) is 0. The maximum atomic E-state index is 13.0. The molecule has 0 aliphatic rings. The van der Waals surface area contributed by atoms with Crippen molar-refractivity contribution in [3.8, 4) is 0 Å². The predicted octanol–water partition coefficient (Wildman–Crippen LogP) is 1.72.